The summed E-state index contributed by atoms with van der Waals surface area (Å²) in [5.41, 5.74) is 3.12. The Morgan fingerprint density at radius 2 is 1.90 bits per heavy atom. The minimum Gasteiger partial charge on any atom is -0.508 e. The Balaban J connectivity index is 1.68. The fourth-order valence-electron chi connectivity index (χ4n) is 2.61. The third-order valence-corrected chi connectivity index (χ3v) is 3.70. The van der Waals surface area contributed by atoms with Crippen molar-refractivity contribution < 1.29 is 9.63 Å². The zero-order valence-corrected chi connectivity index (χ0v) is 11.2. The van der Waals surface area contributed by atoms with Gasteiger partial charge in [-0.25, -0.2) is 0 Å². The van der Waals surface area contributed by atoms with Gasteiger partial charge in [0.1, 0.15) is 5.75 Å². The number of hydrogen-bond donors (Lipinski definition) is 2. The average molecular weight is 279 g/mol. The van der Waals surface area contributed by atoms with Gasteiger partial charge in [-0.2, -0.15) is 4.98 Å². The van der Waals surface area contributed by atoms with Crippen molar-refractivity contribution in [1.82, 2.24) is 10.1 Å². The van der Waals surface area contributed by atoms with Crippen LogP contribution in [0.3, 0.4) is 0 Å². The number of benzene rings is 2. The van der Waals surface area contributed by atoms with Crippen LogP contribution in [-0.2, 0) is 0 Å². The maximum atomic E-state index is 9.32. The van der Waals surface area contributed by atoms with E-state index in [-0.39, 0.29) is 11.7 Å². The maximum absolute atomic E-state index is 9.32. The topological polar surface area (TPSA) is 71.2 Å². The first-order valence-corrected chi connectivity index (χ1v) is 6.77. The highest BCUT2D eigenvalue weighted by atomic mass is 16.5. The molecule has 1 unspecified atom stereocenters. The molecule has 3 aromatic rings. The number of rotatable bonds is 2. The van der Waals surface area contributed by atoms with Crippen LogP contribution in [0.4, 0.5) is 5.69 Å². The van der Waals surface area contributed by atoms with E-state index in [0.29, 0.717) is 11.7 Å². The number of nitrogens with one attached hydrogen (secondary N) is 1. The molecule has 0 fully saturated rings. The molecular weight excluding hydrogens is 266 g/mol. The highest BCUT2D eigenvalue weighted by Crippen LogP contribution is 2.35. The fraction of sp³-hybridized carbons (Fsp3) is 0.125. The molecule has 0 spiro atoms. The lowest BCUT2D eigenvalue weighted by molar-refractivity contribution is 0.371. The summed E-state index contributed by atoms with van der Waals surface area (Å²) in [6.45, 7) is 0.760. The molecule has 1 atom stereocenters. The smallest absolute Gasteiger partial charge is 0.236 e. The molecule has 1 aromatic heterocycles. The Morgan fingerprint density at radius 1 is 1.10 bits per heavy atom. The van der Waals surface area contributed by atoms with Crippen molar-refractivity contribution in [3.05, 3.63) is 60.0 Å². The van der Waals surface area contributed by atoms with Gasteiger partial charge in [0.15, 0.2) is 0 Å². The number of para-hydroxylation sites is 1. The van der Waals surface area contributed by atoms with Gasteiger partial charge in [0.25, 0.3) is 0 Å². The van der Waals surface area contributed by atoms with Crippen molar-refractivity contribution in [2.24, 2.45) is 0 Å². The van der Waals surface area contributed by atoms with Crippen LogP contribution >= 0.6 is 0 Å². The molecule has 0 amide bonds. The Hall–Kier alpha value is -2.82. The zero-order chi connectivity index (χ0) is 14.2. The molecule has 2 aromatic carbocycles. The standard InChI is InChI=1S/C16H13N3O2/c20-11-7-5-10(6-8-11)15-18-16(21-19-15)13-9-17-14-4-2-1-3-12(13)14/h1-8,13,17,20H,9H2. The molecule has 104 valence electrons. The molecule has 2 N–H and O–H groups in total. The zero-order valence-electron chi connectivity index (χ0n) is 11.2. The van der Waals surface area contributed by atoms with Crippen molar-refractivity contribution in [3.63, 3.8) is 0 Å². The van der Waals surface area contributed by atoms with E-state index in [0.717, 1.165) is 17.8 Å². The van der Waals surface area contributed by atoms with Crippen LogP contribution < -0.4 is 5.32 Å². The molecule has 4 rings (SSSR count). The van der Waals surface area contributed by atoms with Crippen molar-refractivity contribution in [2.45, 2.75) is 5.92 Å². The highest BCUT2D eigenvalue weighted by Gasteiger charge is 2.28. The van der Waals surface area contributed by atoms with E-state index in [1.165, 1.54) is 5.56 Å². The van der Waals surface area contributed by atoms with Crippen LogP contribution in [0.5, 0.6) is 5.75 Å². The molecule has 0 bridgehead atoms. The van der Waals surface area contributed by atoms with Gasteiger partial charge in [-0.05, 0) is 35.9 Å². The van der Waals surface area contributed by atoms with Crippen LogP contribution in [0.15, 0.2) is 53.1 Å². The van der Waals surface area contributed by atoms with E-state index in [2.05, 4.69) is 21.5 Å². The summed E-state index contributed by atoms with van der Waals surface area (Å²) in [7, 11) is 0. The normalized spacial score (nSPS) is 16.5. The number of aromatic hydroxyl groups is 1. The molecule has 2 heterocycles. The molecule has 1 aliphatic rings. The molecule has 5 nitrogen and oxygen atoms in total. The van der Waals surface area contributed by atoms with E-state index in [9.17, 15) is 5.11 Å². The molecule has 0 aliphatic carbocycles. The molecule has 0 saturated carbocycles. The number of phenolic OH excluding ortho intramolecular Hbond substituents is 1. The molecule has 0 saturated heterocycles. The largest absolute Gasteiger partial charge is 0.508 e. The Bertz CT molecular complexity index is 780. The SMILES string of the molecule is Oc1ccc(-c2noc(C3CNc4ccccc43)n2)cc1. The number of anilines is 1. The van der Waals surface area contributed by atoms with Gasteiger partial charge in [0.2, 0.25) is 11.7 Å². The van der Waals surface area contributed by atoms with Crippen molar-refractivity contribution in [1.29, 1.82) is 0 Å². The van der Waals surface area contributed by atoms with Gasteiger partial charge >= 0.3 is 0 Å². The van der Waals surface area contributed by atoms with Gasteiger partial charge in [-0.15, -0.1) is 0 Å². The minimum atomic E-state index is 0.0829. The van der Waals surface area contributed by atoms with Crippen LogP contribution in [0.1, 0.15) is 17.4 Å². The van der Waals surface area contributed by atoms with Crippen LogP contribution in [-0.4, -0.2) is 21.8 Å². The highest BCUT2D eigenvalue weighted by molar-refractivity contribution is 5.60. The summed E-state index contributed by atoms with van der Waals surface area (Å²) < 4.78 is 5.43. The molecular formula is C16H13N3O2. The van der Waals surface area contributed by atoms with Gasteiger partial charge in [0.05, 0.1) is 5.92 Å². The summed E-state index contributed by atoms with van der Waals surface area (Å²) in [5, 5.41) is 16.7. The quantitative estimate of drug-likeness (QED) is 0.754. The van der Waals surface area contributed by atoms with E-state index in [4.69, 9.17) is 4.52 Å². The first-order chi connectivity index (χ1) is 10.3. The molecule has 5 heteroatoms. The van der Waals surface area contributed by atoms with E-state index in [1.807, 2.05) is 18.2 Å². The predicted octanol–water partition coefficient (Wildman–Crippen LogP) is 3.00. The lowest BCUT2D eigenvalue weighted by Crippen LogP contribution is -2.04. The lowest BCUT2D eigenvalue weighted by Gasteiger charge is -2.03. The van der Waals surface area contributed by atoms with Gasteiger partial charge in [-0.1, -0.05) is 23.4 Å². The Morgan fingerprint density at radius 3 is 2.76 bits per heavy atom. The summed E-state index contributed by atoms with van der Waals surface area (Å²) in [4.78, 5) is 4.49. The first-order valence-electron chi connectivity index (χ1n) is 6.77. The fourth-order valence-corrected chi connectivity index (χ4v) is 2.61. The third kappa shape index (κ3) is 2.03. The number of nitrogens with zero attached hydrogens (tertiary/aromatic N) is 2. The second kappa shape index (κ2) is 4.63. The average Bonchev–Trinajstić information content (AvgIpc) is 3.14. The predicted molar refractivity (Wildman–Crippen MR) is 78.2 cm³/mol. The number of phenols is 1. The van der Waals surface area contributed by atoms with Crippen LogP contribution in [0, 0.1) is 0 Å². The van der Waals surface area contributed by atoms with E-state index < -0.39 is 0 Å². The van der Waals surface area contributed by atoms with Crippen LogP contribution in [0.2, 0.25) is 0 Å². The molecule has 0 radical (unpaired) electrons. The minimum absolute atomic E-state index is 0.0829. The molecule has 1 aliphatic heterocycles. The summed E-state index contributed by atoms with van der Waals surface area (Å²) in [5.74, 6) is 1.45. The summed E-state index contributed by atoms with van der Waals surface area (Å²) in [6.07, 6.45) is 0. The lowest BCUT2D eigenvalue weighted by atomic mass is 10.0. The van der Waals surface area contributed by atoms with Gasteiger partial charge in [0, 0.05) is 17.8 Å². The number of hydrogen-bond acceptors (Lipinski definition) is 5. The van der Waals surface area contributed by atoms with Crippen molar-refractivity contribution in [2.75, 3.05) is 11.9 Å². The van der Waals surface area contributed by atoms with Crippen LogP contribution in [0.25, 0.3) is 11.4 Å². The number of aromatic nitrogens is 2. The number of fused-ring (bicyclic) bond motifs is 1. The summed E-state index contributed by atoms with van der Waals surface area (Å²) in [6, 6.07) is 14.9. The van der Waals surface area contributed by atoms with Crippen molar-refractivity contribution >= 4 is 5.69 Å². The Labute approximate surface area is 121 Å². The second-order valence-electron chi connectivity index (χ2n) is 5.02. The monoisotopic (exact) mass is 279 g/mol. The maximum Gasteiger partial charge on any atom is 0.236 e. The molecule has 21 heavy (non-hydrogen) atoms. The summed E-state index contributed by atoms with van der Waals surface area (Å²) >= 11 is 0. The van der Waals surface area contributed by atoms with Crippen molar-refractivity contribution in [3.8, 4) is 17.1 Å². The van der Waals surface area contributed by atoms with E-state index >= 15 is 0 Å². The first kappa shape index (κ1) is 12.0. The van der Waals surface area contributed by atoms with Gasteiger partial charge < -0.3 is 14.9 Å². The van der Waals surface area contributed by atoms with Gasteiger partial charge in [-0.3, -0.25) is 0 Å². The Kier molecular flexibility index (Phi) is 2.64. The van der Waals surface area contributed by atoms with E-state index in [1.54, 1.807) is 24.3 Å². The third-order valence-electron chi connectivity index (χ3n) is 3.70. The second-order valence-corrected chi connectivity index (χ2v) is 5.02.